The van der Waals surface area contributed by atoms with Crippen LogP contribution in [0.5, 0.6) is 0 Å². The van der Waals surface area contributed by atoms with Gasteiger partial charge in [-0.25, -0.2) is 9.42 Å². The van der Waals surface area contributed by atoms with Crippen molar-refractivity contribution in [2.75, 3.05) is 12.3 Å². The average Bonchev–Trinajstić information content (AvgIpc) is 2.83. The molecule has 2 rings (SSSR count). The third kappa shape index (κ3) is 3.47. The molecule has 0 aliphatic carbocycles. The van der Waals surface area contributed by atoms with Crippen molar-refractivity contribution < 1.29 is 14.2 Å². The number of hydrogen-bond donors (Lipinski definition) is 1. The standard InChI is InChI=1S/C12H8ClN3O3/c13-9-5-3-8(4-6-9)2-1-7-18-12(17)10-11(14)16-19-15-10/h3-6H,7H2,(H2,14,16). The quantitative estimate of drug-likeness (QED) is 0.661. The summed E-state index contributed by atoms with van der Waals surface area (Å²) in [7, 11) is 0. The number of ether oxygens (including phenoxy) is 1. The second-order valence-electron chi connectivity index (χ2n) is 3.38. The minimum absolute atomic E-state index is 0.0895. The van der Waals surface area contributed by atoms with Crippen molar-refractivity contribution in [3.05, 3.63) is 40.5 Å². The van der Waals surface area contributed by atoms with E-state index in [0.29, 0.717) is 5.02 Å². The first-order chi connectivity index (χ1) is 9.16. The number of aromatic nitrogens is 2. The van der Waals surface area contributed by atoms with Crippen LogP contribution >= 0.6 is 11.6 Å². The van der Waals surface area contributed by atoms with Crippen LogP contribution in [-0.2, 0) is 4.74 Å². The first-order valence-corrected chi connectivity index (χ1v) is 5.54. The lowest BCUT2D eigenvalue weighted by Gasteiger charge is -1.95. The van der Waals surface area contributed by atoms with Gasteiger partial charge in [-0.3, -0.25) is 0 Å². The number of nitrogens with two attached hydrogens (primary N) is 1. The van der Waals surface area contributed by atoms with Gasteiger partial charge in [0, 0.05) is 10.6 Å². The summed E-state index contributed by atoms with van der Waals surface area (Å²) in [5, 5.41) is 7.21. The summed E-state index contributed by atoms with van der Waals surface area (Å²) in [4.78, 5) is 11.4. The average molecular weight is 278 g/mol. The van der Waals surface area contributed by atoms with E-state index in [2.05, 4.69) is 26.8 Å². The van der Waals surface area contributed by atoms with Gasteiger partial charge in [0.15, 0.2) is 6.61 Å². The Hall–Kier alpha value is -2.52. The maximum absolute atomic E-state index is 11.4. The molecule has 0 saturated carbocycles. The zero-order valence-electron chi connectivity index (χ0n) is 9.59. The van der Waals surface area contributed by atoms with Crippen LogP contribution in [0.2, 0.25) is 5.02 Å². The highest BCUT2D eigenvalue weighted by molar-refractivity contribution is 6.30. The van der Waals surface area contributed by atoms with E-state index >= 15 is 0 Å². The van der Waals surface area contributed by atoms with E-state index < -0.39 is 5.97 Å². The van der Waals surface area contributed by atoms with Gasteiger partial charge >= 0.3 is 5.97 Å². The maximum Gasteiger partial charge on any atom is 0.365 e. The highest BCUT2D eigenvalue weighted by Gasteiger charge is 2.16. The summed E-state index contributed by atoms with van der Waals surface area (Å²) in [6, 6.07) is 6.96. The van der Waals surface area contributed by atoms with Gasteiger partial charge in [-0.2, -0.15) is 0 Å². The molecule has 1 aromatic carbocycles. The number of hydrogen-bond acceptors (Lipinski definition) is 6. The molecular formula is C12H8ClN3O3. The SMILES string of the molecule is Nc1nonc1C(=O)OCC#Cc1ccc(Cl)cc1. The van der Waals surface area contributed by atoms with Crippen LogP contribution in [0.4, 0.5) is 5.82 Å². The third-order valence-corrected chi connectivity index (χ3v) is 2.31. The second kappa shape index (κ2) is 5.89. The van der Waals surface area contributed by atoms with Gasteiger partial charge in [0.05, 0.1) is 0 Å². The van der Waals surface area contributed by atoms with Crippen LogP contribution in [0.15, 0.2) is 28.9 Å². The Labute approximate surface area is 113 Å². The van der Waals surface area contributed by atoms with Crippen LogP contribution < -0.4 is 5.73 Å². The second-order valence-corrected chi connectivity index (χ2v) is 3.82. The Morgan fingerprint density at radius 3 is 2.74 bits per heavy atom. The molecule has 0 aliphatic rings. The summed E-state index contributed by atoms with van der Waals surface area (Å²) in [5.74, 6) is 4.64. The van der Waals surface area contributed by atoms with Crippen molar-refractivity contribution in [1.29, 1.82) is 0 Å². The van der Waals surface area contributed by atoms with Crippen LogP contribution in [0.3, 0.4) is 0 Å². The molecule has 1 heterocycles. The van der Waals surface area contributed by atoms with Crippen LogP contribution in [0, 0.1) is 11.8 Å². The number of halogens is 1. The lowest BCUT2D eigenvalue weighted by Crippen LogP contribution is -2.08. The molecule has 96 valence electrons. The zero-order chi connectivity index (χ0) is 13.7. The molecular weight excluding hydrogens is 270 g/mol. The van der Waals surface area contributed by atoms with E-state index in [1.165, 1.54) is 0 Å². The molecule has 6 nitrogen and oxygen atoms in total. The molecule has 7 heteroatoms. The number of rotatable bonds is 2. The van der Waals surface area contributed by atoms with Crippen LogP contribution in [-0.4, -0.2) is 22.9 Å². The number of carbonyl (C=O) groups is 1. The summed E-state index contributed by atoms with van der Waals surface area (Å²) in [5.41, 5.74) is 5.94. The largest absolute Gasteiger partial charge is 0.448 e. The van der Waals surface area contributed by atoms with Crippen molar-refractivity contribution in [2.45, 2.75) is 0 Å². The van der Waals surface area contributed by atoms with Gasteiger partial charge in [-0.15, -0.1) is 0 Å². The van der Waals surface area contributed by atoms with Crippen molar-refractivity contribution in [1.82, 2.24) is 10.3 Å². The summed E-state index contributed by atoms with van der Waals surface area (Å²) < 4.78 is 9.11. The lowest BCUT2D eigenvalue weighted by atomic mass is 10.2. The monoisotopic (exact) mass is 277 g/mol. The Morgan fingerprint density at radius 1 is 1.37 bits per heavy atom. The minimum Gasteiger partial charge on any atom is -0.448 e. The number of nitrogens with zero attached hydrogens (tertiary/aromatic N) is 2. The van der Waals surface area contributed by atoms with E-state index in [1.54, 1.807) is 24.3 Å². The molecule has 0 saturated heterocycles. The normalized spacial score (nSPS) is 9.53. The third-order valence-electron chi connectivity index (χ3n) is 2.06. The molecule has 0 atom stereocenters. The molecule has 0 amide bonds. The molecule has 2 N–H and O–H groups in total. The number of benzene rings is 1. The van der Waals surface area contributed by atoms with Crippen LogP contribution in [0.1, 0.15) is 16.1 Å². The van der Waals surface area contributed by atoms with Gasteiger partial charge in [-0.1, -0.05) is 23.4 Å². The number of esters is 1. The molecule has 0 radical (unpaired) electrons. The van der Waals surface area contributed by atoms with Gasteiger partial charge in [0.25, 0.3) is 0 Å². The highest BCUT2D eigenvalue weighted by atomic mass is 35.5. The fourth-order valence-electron chi connectivity index (χ4n) is 1.18. The first-order valence-electron chi connectivity index (χ1n) is 5.16. The predicted molar refractivity (Wildman–Crippen MR) is 67.3 cm³/mol. The Bertz CT molecular complexity index is 640. The smallest absolute Gasteiger partial charge is 0.365 e. The topological polar surface area (TPSA) is 91.2 Å². The van der Waals surface area contributed by atoms with E-state index in [9.17, 15) is 4.79 Å². The minimum atomic E-state index is -0.732. The number of nitrogen functional groups attached to an aromatic ring is 1. The number of anilines is 1. The van der Waals surface area contributed by atoms with Crippen molar-refractivity contribution in [3.63, 3.8) is 0 Å². The molecule has 0 aliphatic heterocycles. The summed E-state index contributed by atoms with van der Waals surface area (Å²) in [6.07, 6.45) is 0. The van der Waals surface area contributed by atoms with Crippen molar-refractivity contribution >= 4 is 23.4 Å². The summed E-state index contributed by atoms with van der Waals surface area (Å²) in [6.45, 7) is -0.0895. The molecule has 19 heavy (non-hydrogen) atoms. The Morgan fingerprint density at radius 2 is 2.11 bits per heavy atom. The molecule has 0 bridgehead atoms. The molecule has 1 aromatic heterocycles. The maximum atomic E-state index is 11.4. The van der Waals surface area contributed by atoms with E-state index in [-0.39, 0.29) is 18.1 Å². The van der Waals surface area contributed by atoms with Gasteiger partial charge in [-0.05, 0) is 34.6 Å². The Balaban J connectivity index is 1.89. The van der Waals surface area contributed by atoms with Gasteiger partial charge < -0.3 is 10.5 Å². The molecule has 0 fully saturated rings. The molecule has 2 aromatic rings. The van der Waals surface area contributed by atoms with E-state index in [0.717, 1.165) is 5.56 Å². The zero-order valence-corrected chi connectivity index (χ0v) is 10.3. The first kappa shape index (κ1) is 12.9. The predicted octanol–water partition coefficient (Wildman–Crippen LogP) is 1.51. The summed E-state index contributed by atoms with van der Waals surface area (Å²) >= 11 is 5.74. The fourth-order valence-corrected chi connectivity index (χ4v) is 1.30. The van der Waals surface area contributed by atoms with Crippen LogP contribution in [0.25, 0.3) is 0 Å². The highest BCUT2D eigenvalue weighted by Crippen LogP contribution is 2.08. The fraction of sp³-hybridized carbons (Fsp3) is 0.0833. The van der Waals surface area contributed by atoms with Gasteiger partial charge in [0.1, 0.15) is 0 Å². The lowest BCUT2D eigenvalue weighted by molar-refractivity contribution is 0.0545. The van der Waals surface area contributed by atoms with Gasteiger partial charge in [0.2, 0.25) is 11.5 Å². The van der Waals surface area contributed by atoms with E-state index in [1.807, 2.05) is 0 Å². The van der Waals surface area contributed by atoms with Crippen molar-refractivity contribution in [2.24, 2.45) is 0 Å². The molecule has 0 unspecified atom stereocenters. The Kier molecular flexibility index (Phi) is 4.00. The molecule has 0 spiro atoms. The van der Waals surface area contributed by atoms with E-state index in [4.69, 9.17) is 22.1 Å². The number of carbonyl (C=O) groups excluding carboxylic acids is 1. The van der Waals surface area contributed by atoms with Crippen molar-refractivity contribution in [3.8, 4) is 11.8 Å².